The molecule has 2 N–H and O–H groups in total. The Kier molecular flexibility index (Phi) is 5.88. The van der Waals surface area contributed by atoms with Gasteiger partial charge in [-0.1, -0.05) is 29.8 Å². The zero-order valence-electron chi connectivity index (χ0n) is 7.61. The van der Waals surface area contributed by atoms with Crippen LogP contribution in [0, 0.1) is 5.92 Å². The van der Waals surface area contributed by atoms with Gasteiger partial charge in [-0.3, -0.25) is 9.79 Å². The summed E-state index contributed by atoms with van der Waals surface area (Å²) in [6.07, 6.45) is 2.88. The van der Waals surface area contributed by atoms with Gasteiger partial charge in [0.1, 0.15) is 6.26 Å². The molecule has 0 bridgehead atoms. The van der Waals surface area contributed by atoms with Gasteiger partial charge in [0, 0.05) is 4.48 Å². The number of rotatable bonds is 5. The van der Waals surface area contributed by atoms with Gasteiger partial charge in [-0.15, -0.1) is 0 Å². The molecule has 13 heavy (non-hydrogen) atoms. The van der Waals surface area contributed by atoms with Crippen molar-refractivity contribution in [3.63, 3.8) is 0 Å². The van der Waals surface area contributed by atoms with Crippen LogP contribution in [0.25, 0.3) is 0 Å². The van der Waals surface area contributed by atoms with Crippen LogP contribution in [0.2, 0.25) is 0 Å². The minimum absolute atomic E-state index is 0.256. The highest BCUT2D eigenvalue weighted by Gasteiger charge is 2.14. The van der Waals surface area contributed by atoms with E-state index in [1.165, 1.54) is 0 Å². The lowest BCUT2D eigenvalue weighted by atomic mass is 10.0. The fraction of sp³-hybridized carbons (Fsp3) is 0.714. The predicted molar refractivity (Wildman–Crippen MR) is 54.2 cm³/mol. The van der Waals surface area contributed by atoms with Crippen molar-refractivity contribution in [3.05, 3.63) is 10.7 Å². The Labute approximate surface area is 86.4 Å². The number of phosphoric ester groups is 1. The number of hydrogen-bond donors (Lipinski definition) is 2. The Hall–Kier alpha value is 0.170. The van der Waals surface area contributed by atoms with E-state index in [2.05, 4.69) is 20.5 Å². The van der Waals surface area contributed by atoms with Crippen LogP contribution in [0.1, 0.15) is 26.7 Å². The van der Waals surface area contributed by atoms with Crippen molar-refractivity contribution < 1.29 is 18.9 Å². The summed E-state index contributed by atoms with van der Waals surface area (Å²) in [6, 6.07) is 0. The summed E-state index contributed by atoms with van der Waals surface area (Å²) in [4.78, 5) is 16.8. The fourth-order valence-electron chi connectivity index (χ4n) is 0.894. The van der Waals surface area contributed by atoms with Gasteiger partial charge >= 0.3 is 7.82 Å². The zero-order chi connectivity index (χ0) is 10.5. The molecule has 4 nitrogen and oxygen atoms in total. The first-order chi connectivity index (χ1) is 5.90. The highest BCUT2D eigenvalue weighted by atomic mass is 79.9. The summed E-state index contributed by atoms with van der Waals surface area (Å²) in [5, 5.41) is 0. The molecular weight excluding hydrogens is 259 g/mol. The van der Waals surface area contributed by atoms with Gasteiger partial charge in [-0.25, -0.2) is 4.57 Å². The van der Waals surface area contributed by atoms with Crippen LogP contribution >= 0.6 is 23.8 Å². The lowest BCUT2D eigenvalue weighted by Gasteiger charge is -2.11. The highest BCUT2D eigenvalue weighted by molar-refractivity contribution is 9.11. The minimum Gasteiger partial charge on any atom is -0.411 e. The monoisotopic (exact) mass is 272 g/mol. The molecule has 0 aromatic heterocycles. The standard InChI is InChI=1S/C7H14BrO4P/c1-3-6(4-2)7(8)5-12-13(9,10)11/h5-6H,3-4H2,1-2H3,(H2,9,10,11). The molecule has 0 saturated heterocycles. The topological polar surface area (TPSA) is 66.8 Å². The maximum Gasteiger partial charge on any atom is 0.524 e. The van der Waals surface area contributed by atoms with E-state index in [1.54, 1.807) is 0 Å². The molecule has 0 aliphatic heterocycles. The Morgan fingerprint density at radius 2 is 2.00 bits per heavy atom. The van der Waals surface area contributed by atoms with E-state index in [4.69, 9.17) is 9.79 Å². The van der Waals surface area contributed by atoms with Gasteiger partial charge in [0.2, 0.25) is 0 Å². The second-order valence-corrected chi connectivity index (χ2v) is 4.72. The van der Waals surface area contributed by atoms with E-state index in [1.807, 2.05) is 13.8 Å². The van der Waals surface area contributed by atoms with E-state index in [9.17, 15) is 4.57 Å². The van der Waals surface area contributed by atoms with Gasteiger partial charge < -0.3 is 4.52 Å². The third-order valence-corrected chi connectivity index (χ3v) is 2.89. The number of halogens is 1. The van der Waals surface area contributed by atoms with E-state index in [0.29, 0.717) is 4.48 Å². The Bertz CT molecular complexity index is 219. The highest BCUT2D eigenvalue weighted by Crippen LogP contribution is 2.38. The second kappa shape index (κ2) is 5.81. The Morgan fingerprint density at radius 3 is 2.31 bits per heavy atom. The summed E-state index contributed by atoms with van der Waals surface area (Å²) in [7, 11) is -4.39. The maximum absolute atomic E-state index is 10.3. The van der Waals surface area contributed by atoms with E-state index >= 15 is 0 Å². The quantitative estimate of drug-likeness (QED) is 0.597. The molecule has 0 heterocycles. The normalized spacial score (nSPS) is 13.5. The molecule has 0 aromatic rings. The van der Waals surface area contributed by atoms with Crippen LogP contribution in [0.4, 0.5) is 0 Å². The van der Waals surface area contributed by atoms with Crippen LogP contribution in [0.3, 0.4) is 0 Å². The summed E-state index contributed by atoms with van der Waals surface area (Å²) in [6.45, 7) is 4.00. The molecule has 0 atom stereocenters. The largest absolute Gasteiger partial charge is 0.524 e. The van der Waals surface area contributed by atoms with Crippen LogP contribution in [0.5, 0.6) is 0 Å². The van der Waals surface area contributed by atoms with Crippen molar-refractivity contribution in [2.24, 2.45) is 5.92 Å². The van der Waals surface area contributed by atoms with E-state index in [-0.39, 0.29) is 5.92 Å². The van der Waals surface area contributed by atoms with Gasteiger partial charge in [0.15, 0.2) is 0 Å². The molecule has 0 unspecified atom stereocenters. The summed E-state index contributed by atoms with van der Waals surface area (Å²) in [5.41, 5.74) is 0. The average Bonchev–Trinajstić information content (AvgIpc) is 2.02. The molecule has 0 spiro atoms. The van der Waals surface area contributed by atoms with Crippen molar-refractivity contribution in [3.8, 4) is 0 Å². The molecule has 0 radical (unpaired) electrons. The molecule has 0 aliphatic carbocycles. The fourth-order valence-corrected chi connectivity index (χ4v) is 2.03. The summed E-state index contributed by atoms with van der Waals surface area (Å²) in [5.74, 6) is 0.256. The first-order valence-electron chi connectivity index (χ1n) is 4.00. The first kappa shape index (κ1) is 13.2. The van der Waals surface area contributed by atoms with Crippen molar-refractivity contribution in [2.75, 3.05) is 0 Å². The predicted octanol–water partition coefficient (Wildman–Crippen LogP) is 2.77. The van der Waals surface area contributed by atoms with Crippen molar-refractivity contribution in [1.29, 1.82) is 0 Å². The lowest BCUT2D eigenvalue weighted by Crippen LogP contribution is -1.96. The number of phosphoric acid groups is 1. The van der Waals surface area contributed by atoms with Gasteiger partial charge in [0.25, 0.3) is 0 Å². The van der Waals surface area contributed by atoms with Crippen molar-refractivity contribution in [2.45, 2.75) is 26.7 Å². The zero-order valence-corrected chi connectivity index (χ0v) is 10.1. The number of hydrogen-bond acceptors (Lipinski definition) is 2. The molecular formula is C7H14BrO4P. The Balaban J connectivity index is 4.23. The van der Waals surface area contributed by atoms with Gasteiger partial charge in [0.05, 0.1) is 0 Å². The maximum atomic E-state index is 10.3. The molecule has 0 fully saturated rings. The second-order valence-electron chi connectivity index (χ2n) is 2.61. The van der Waals surface area contributed by atoms with Crippen LogP contribution in [-0.4, -0.2) is 9.79 Å². The van der Waals surface area contributed by atoms with Crippen molar-refractivity contribution in [1.82, 2.24) is 0 Å². The molecule has 0 aliphatic rings. The van der Waals surface area contributed by atoms with Crippen LogP contribution in [-0.2, 0) is 9.09 Å². The van der Waals surface area contributed by atoms with Crippen LogP contribution in [0.15, 0.2) is 10.7 Å². The SMILES string of the molecule is CCC(CC)C(Br)=COP(=O)(O)O. The Morgan fingerprint density at radius 1 is 1.54 bits per heavy atom. The average molecular weight is 273 g/mol. The third kappa shape index (κ3) is 6.27. The molecule has 0 aromatic carbocycles. The number of allylic oxidation sites excluding steroid dienone is 1. The molecule has 0 rings (SSSR count). The lowest BCUT2D eigenvalue weighted by molar-refractivity contribution is 0.257. The smallest absolute Gasteiger partial charge is 0.411 e. The van der Waals surface area contributed by atoms with E-state index < -0.39 is 7.82 Å². The molecule has 78 valence electrons. The molecule has 0 saturated carbocycles. The summed E-state index contributed by atoms with van der Waals surface area (Å²) >= 11 is 3.21. The van der Waals surface area contributed by atoms with E-state index in [0.717, 1.165) is 19.1 Å². The first-order valence-corrected chi connectivity index (χ1v) is 6.32. The molecule has 6 heteroatoms. The van der Waals surface area contributed by atoms with Crippen LogP contribution < -0.4 is 0 Å². The van der Waals surface area contributed by atoms with Crippen molar-refractivity contribution >= 4 is 23.8 Å². The van der Waals surface area contributed by atoms with Gasteiger partial charge in [-0.05, 0) is 18.8 Å². The minimum atomic E-state index is -4.39. The molecule has 0 amide bonds. The van der Waals surface area contributed by atoms with Gasteiger partial charge in [-0.2, -0.15) is 0 Å². The summed E-state index contributed by atoms with van der Waals surface area (Å²) < 4.78 is 15.3. The third-order valence-electron chi connectivity index (χ3n) is 1.68.